The molecular weight excluding hydrogens is 229 g/mol. The van der Waals surface area contributed by atoms with Crippen molar-refractivity contribution in [1.29, 1.82) is 0 Å². The van der Waals surface area contributed by atoms with E-state index in [1.54, 1.807) is 18.3 Å². The number of nitrogens with zero attached hydrogens (tertiary/aromatic N) is 1. The van der Waals surface area contributed by atoms with E-state index in [9.17, 15) is 4.39 Å². The standard InChI is InChI=1S/C14H18FN3/c1-3-9(2)13(16)14-17-8-12(18-14)10-4-6-11(15)7-5-10/h4-9,13H,3,16H2,1-2H3,(H,17,18). The molecular formula is C14H18FN3. The zero-order valence-electron chi connectivity index (χ0n) is 10.7. The van der Waals surface area contributed by atoms with Crippen LogP contribution in [0.1, 0.15) is 32.1 Å². The summed E-state index contributed by atoms with van der Waals surface area (Å²) in [7, 11) is 0. The summed E-state index contributed by atoms with van der Waals surface area (Å²) in [4.78, 5) is 7.51. The van der Waals surface area contributed by atoms with Crippen LogP contribution in [-0.2, 0) is 0 Å². The fourth-order valence-corrected chi connectivity index (χ4v) is 1.81. The topological polar surface area (TPSA) is 54.7 Å². The largest absolute Gasteiger partial charge is 0.341 e. The number of hydrogen-bond donors (Lipinski definition) is 2. The number of benzene rings is 1. The van der Waals surface area contributed by atoms with E-state index in [4.69, 9.17) is 5.73 Å². The van der Waals surface area contributed by atoms with Crippen molar-refractivity contribution in [1.82, 2.24) is 9.97 Å². The zero-order chi connectivity index (χ0) is 13.1. The van der Waals surface area contributed by atoms with Crippen LogP contribution in [0.4, 0.5) is 4.39 Å². The summed E-state index contributed by atoms with van der Waals surface area (Å²) >= 11 is 0. The summed E-state index contributed by atoms with van der Waals surface area (Å²) in [6.45, 7) is 4.21. The minimum absolute atomic E-state index is 0.0933. The first kappa shape index (κ1) is 12.8. The Balaban J connectivity index is 2.22. The van der Waals surface area contributed by atoms with Crippen LogP contribution in [-0.4, -0.2) is 9.97 Å². The SMILES string of the molecule is CCC(C)C(N)c1ncc(-c2ccc(F)cc2)[nH]1. The summed E-state index contributed by atoms with van der Waals surface area (Å²) in [5.74, 6) is 0.913. The van der Waals surface area contributed by atoms with Crippen LogP contribution in [0.3, 0.4) is 0 Å². The molecule has 0 spiro atoms. The van der Waals surface area contributed by atoms with Crippen molar-refractivity contribution in [3.8, 4) is 11.3 Å². The number of nitrogens with one attached hydrogen (secondary N) is 1. The Morgan fingerprint density at radius 1 is 1.33 bits per heavy atom. The molecule has 0 amide bonds. The first-order valence-corrected chi connectivity index (χ1v) is 6.18. The Morgan fingerprint density at radius 2 is 2.00 bits per heavy atom. The second kappa shape index (κ2) is 5.31. The van der Waals surface area contributed by atoms with Gasteiger partial charge in [-0.05, 0) is 35.7 Å². The van der Waals surface area contributed by atoms with E-state index >= 15 is 0 Å². The summed E-state index contributed by atoms with van der Waals surface area (Å²) in [6.07, 6.45) is 2.75. The Hall–Kier alpha value is -1.68. The molecule has 2 aromatic rings. The van der Waals surface area contributed by atoms with Gasteiger partial charge in [-0.25, -0.2) is 9.37 Å². The second-order valence-corrected chi connectivity index (χ2v) is 4.60. The van der Waals surface area contributed by atoms with Crippen molar-refractivity contribution in [2.24, 2.45) is 11.7 Å². The van der Waals surface area contributed by atoms with Crippen molar-refractivity contribution < 1.29 is 4.39 Å². The Labute approximate surface area is 106 Å². The predicted octanol–water partition coefficient (Wildman–Crippen LogP) is 3.26. The molecule has 3 nitrogen and oxygen atoms in total. The van der Waals surface area contributed by atoms with Crippen LogP contribution in [0.2, 0.25) is 0 Å². The molecule has 3 N–H and O–H groups in total. The molecule has 0 saturated carbocycles. The molecule has 2 atom stereocenters. The van der Waals surface area contributed by atoms with Gasteiger partial charge in [-0.3, -0.25) is 0 Å². The third kappa shape index (κ3) is 2.59. The lowest BCUT2D eigenvalue weighted by Gasteiger charge is -2.15. The molecule has 2 rings (SSSR count). The quantitative estimate of drug-likeness (QED) is 0.871. The molecule has 0 aliphatic carbocycles. The molecule has 1 aromatic heterocycles. The van der Waals surface area contributed by atoms with Gasteiger partial charge in [0.15, 0.2) is 0 Å². The fourth-order valence-electron chi connectivity index (χ4n) is 1.81. The summed E-state index contributed by atoms with van der Waals surface area (Å²) in [5.41, 5.74) is 7.88. The third-order valence-electron chi connectivity index (χ3n) is 3.32. The molecule has 4 heteroatoms. The highest BCUT2D eigenvalue weighted by molar-refractivity contribution is 5.58. The highest BCUT2D eigenvalue weighted by Gasteiger charge is 2.16. The van der Waals surface area contributed by atoms with Crippen molar-refractivity contribution in [3.63, 3.8) is 0 Å². The van der Waals surface area contributed by atoms with Gasteiger partial charge in [-0.1, -0.05) is 20.3 Å². The zero-order valence-corrected chi connectivity index (χ0v) is 10.7. The van der Waals surface area contributed by atoms with E-state index in [0.29, 0.717) is 5.92 Å². The van der Waals surface area contributed by atoms with E-state index < -0.39 is 0 Å². The van der Waals surface area contributed by atoms with Crippen molar-refractivity contribution in [2.45, 2.75) is 26.3 Å². The average molecular weight is 247 g/mol. The molecule has 18 heavy (non-hydrogen) atoms. The molecule has 2 unspecified atom stereocenters. The molecule has 1 aromatic carbocycles. The van der Waals surface area contributed by atoms with Gasteiger partial charge in [0.25, 0.3) is 0 Å². The van der Waals surface area contributed by atoms with Crippen LogP contribution in [0.15, 0.2) is 30.5 Å². The Morgan fingerprint density at radius 3 is 2.61 bits per heavy atom. The van der Waals surface area contributed by atoms with E-state index in [1.807, 2.05) is 0 Å². The number of rotatable bonds is 4. The van der Waals surface area contributed by atoms with Gasteiger partial charge < -0.3 is 10.7 Å². The number of aromatic amines is 1. The second-order valence-electron chi connectivity index (χ2n) is 4.60. The predicted molar refractivity (Wildman–Crippen MR) is 70.4 cm³/mol. The molecule has 0 fully saturated rings. The molecule has 0 radical (unpaired) electrons. The number of halogens is 1. The van der Waals surface area contributed by atoms with Gasteiger partial charge in [0.1, 0.15) is 11.6 Å². The van der Waals surface area contributed by atoms with Crippen molar-refractivity contribution in [3.05, 3.63) is 42.1 Å². The van der Waals surface area contributed by atoms with Crippen molar-refractivity contribution >= 4 is 0 Å². The van der Waals surface area contributed by atoms with Crippen LogP contribution < -0.4 is 5.73 Å². The lowest BCUT2D eigenvalue weighted by Crippen LogP contribution is -2.19. The first-order valence-electron chi connectivity index (χ1n) is 6.18. The molecule has 0 aliphatic rings. The minimum atomic E-state index is -0.241. The number of imidazole rings is 1. The summed E-state index contributed by atoms with van der Waals surface area (Å²) in [6, 6.07) is 6.22. The molecule has 0 saturated heterocycles. The minimum Gasteiger partial charge on any atom is -0.341 e. The van der Waals surface area contributed by atoms with Gasteiger partial charge in [0.2, 0.25) is 0 Å². The van der Waals surface area contributed by atoms with Crippen LogP contribution in [0, 0.1) is 11.7 Å². The molecule has 96 valence electrons. The Kier molecular flexibility index (Phi) is 3.77. The maximum absolute atomic E-state index is 12.8. The number of H-pyrrole nitrogens is 1. The normalized spacial score (nSPS) is 14.4. The lowest BCUT2D eigenvalue weighted by atomic mass is 10.00. The number of nitrogens with two attached hydrogens (primary N) is 1. The van der Waals surface area contributed by atoms with Crippen LogP contribution in [0.25, 0.3) is 11.3 Å². The van der Waals surface area contributed by atoms with Gasteiger partial charge in [-0.15, -0.1) is 0 Å². The summed E-state index contributed by atoms with van der Waals surface area (Å²) in [5, 5.41) is 0. The monoisotopic (exact) mass is 247 g/mol. The Bertz CT molecular complexity index is 504. The average Bonchev–Trinajstić information content (AvgIpc) is 2.87. The highest BCUT2D eigenvalue weighted by Crippen LogP contribution is 2.23. The maximum Gasteiger partial charge on any atom is 0.123 e. The lowest BCUT2D eigenvalue weighted by molar-refractivity contribution is 0.441. The molecule has 0 bridgehead atoms. The van der Waals surface area contributed by atoms with E-state index in [-0.39, 0.29) is 11.9 Å². The summed E-state index contributed by atoms with van der Waals surface area (Å²) < 4.78 is 12.8. The van der Waals surface area contributed by atoms with Crippen LogP contribution in [0.5, 0.6) is 0 Å². The molecule has 1 heterocycles. The van der Waals surface area contributed by atoms with Gasteiger partial charge in [-0.2, -0.15) is 0 Å². The van der Waals surface area contributed by atoms with Crippen LogP contribution >= 0.6 is 0 Å². The smallest absolute Gasteiger partial charge is 0.123 e. The first-order chi connectivity index (χ1) is 8.61. The number of aromatic nitrogens is 2. The number of hydrogen-bond acceptors (Lipinski definition) is 2. The van der Waals surface area contributed by atoms with E-state index in [0.717, 1.165) is 23.5 Å². The van der Waals surface area contributed by atoms with E-state index in [2.05, 4.69) is 23.8 Å². The highest BCUT2D eigenvalue weighted by atomic mass is 19.1. The van der Waals surface area contributed by atoms with Gasteiger partial charge >= 0.3 is 0 Å². The van der Waals surface area contributed by atoms with Crippen molar-refractivity contribution in [2.75, 3.05) is 0 Å². The fraction of sp³-hybridized carbons (Fsp3) is 0.357. The third-order valence-corrected chi connectivity index (χ3v) is 3.32. The van der Waals surface area contributed by atoms with E-state index in [1.165, 1.54) is 12.1 Å². The van der Waals surface area contributed by atoms with Gasteiger partial charge in [0, 0.05) is 0 Å². The molecule has 0 aliphatic heterocycles. The maximum atomic E-state index is 12.8. The van der Waals surface area contributed by atoms with Gasteiger partial charge in [0.05, 0.1) is 17.9 Å².